The van der Waals surface area contributed by atoms with Crippen molar-refractivity contribution in [2.75, 3.05) is 6.67 Å². The van der Waals surface area contributed by atoms with Gasteiger partial charge in [-0.2, -0.15) is 0 Å². The average Bonchev–Trinajstić information content (AvgIpc) is 2.19. The van der Waals surface area contributed by atoms with Gasteiger partial charge in [0.2, 0.25) is 0 Å². The lowest BCUT2D eigenvalue weighted by molar-refractivity contribution is -0.275. The second-order valence-electron chi connectivity index (χ2n) is 3.31. The van der Waals surface area contributed by atoms with E-state index in [1.807, 2.05) is 0 Å². The van der Waals surface area contributed by atoms with Crippen molar-refractivity contribution in [3.63, 3.8) is 0 Å². The summed E-state index contributed by atoms with van der Waals surface area (Å²) in [6.45, 7) is -0.709. The second-order valence-corrected chi connectivity index (χ2v) is 4.23. The fourth-order valence-electron chi connectivity index (χ4n) is 1.30. The van der Waals surface area contributed by atoms with Crippen molar-refractivity contribution < 1.29 is 22.3 Å². The van der Waals surface area contributed by atoms with Crippen molar-refractivity contribution in [3.8, 4) is 5.75 Å². The predicted octanol–water partition coefficient (Wildman–Crippen LogP) is 4.13. The van der Waals surface area contributed by atoms with Crippen LogP contribution in [0.15, 0.2) is 22.7 Å². The van der Waals surface area contributed by atoms with Crippen LogP contribution in [0.2, 0.25) is 0 Å². The van der Waals surface area contributed by atoms with E-state index in [2.05, 4.69) is 20.7 Å². The monoisotopic (exact) mass is 351 g/mol. The third-order valence-electron chi connectivity index (χ3n) is 2.02. The molecule has 0 aliphatic carbocycles. The van der Waals surface area contributed by atoms with Crippen LogP contribution in [0.1, 0.15) is 18.0 Å². The summed E-state index contributed by atoms with van der Waals surface area (Å²) in [6, 6.07) is 3.09. The maximum atomic E-state index is 12.1. The number of ether oxygens (including phenoxy) is 1. The standard InChI is InChI=1S/C10H10BrF4NO.ClH/c11-6-1-2-9(17-10(13,14)15)7(5-6)8(16)3-4-12;/h1-2,5,8H,3-4,16H2;1H/t8-;/m0./s1. The Hall–Kier alpha value is -0.530. The third-order valence-corrected chi connectivity index (χ3v) is 2.51. The predicted molar refractivity (Wildman–Crippen MR) is 65.6 cm³/mol. The van der Waals surface area contributed by atoms with E-state index in [-0.39, 0.29) is 24.4 Å². The highest BCUT2D eigenvalue weighted by Crippen LogP contribution is 2.32. The average molecular weight is 353 g/mol. The molecule has 0 fully saturated rings. The molecule has 18 heavy (non-hydrogen) atoms. The molecule has 2 nitrogen and oxygen atoms in total. The first-order chi connectivity index (χ1) is 7.83. The Kier molecular flexibility index (Phi) is 6.94. The van der Waals surface area contributed by atoms with Crippen molar-refractivity contribution in [2.45, 2.75) is 18.8 Å². The van der Waals surface area contributed by atoms with Crippen LogP contribution >= 0.6 is 28.3 Å². The van der Waals surface area contributed by atoms with Crippen LogP contribution in [-0.4, -0.2) is 13.0 Å². The summed E-state index contributed by atoms with van der Waals surface area (Å²) in [5.41, 5.74) is 5.71. The lowest BCUT2D eigenvalue weighted by Gasteiger charge is -2.17. The SMILES string of the molecule is Cl.N[C@@H](CCF)c1cc(Br)ccc1OC(F)(F)F. The number of rotatable bonds is 4. The molecule has 0 spiro atoms. The van der Waals surface area contributed by atoms with Gasteiger partial charge in [0.25, 0.3) is 0 Å². The van der Waals surface area contributed by atoms with Crippen LogP contribution in [0.4, 0.5) is 17.6 Å². The number of hydrogen-bond acceptors (Lipinski definition) is 2. The molecule has 0 amide bonds. The van der Waals surface area contributed by atoms with E-state index in [9.17, 15) is 17.6 Å². The molecule has 0 heterocycles. The molecule has 2 N–H and O–H groups in total. The lowest BCUT2D eigenvalue weighted by atomic mass is 10.0. The van der Waals surface area contributed by atoms with E-state index in [1.54, 1.807) is 0 Å². The van der Waals surface area contributed by atoms with Gasteiger partial charge in [-0.15, -0.1) is 25.6 Å². The molecule has 0 saturated heterocycles. The molecular weight excluding hydrogens is 341 g/mol. The normalized spacial score (nSPS) is 12.8. The van der Waals surface area contributed by atoms with E-state index in [4.69, 9.17) is 5.73 Å². The molecule has 8 heteroatoms. The molecule has 104 valence electrons. The first-order valence-electron chi connectivity index (χ1n) is 4.70. The Morgan fingerprint density at radius 1 is 1.33 bits per heavy atom. The molecule has 0 bridgehead atoms. The van der Waals surface area contributed by atoms with Crippen LogP contribution in [-0.2, 0) is 0 Å². The Balaban J connectivity index is 0.00000289. The largest absolute Gasteiger partial charge is 0.573 e. The number of benzene rings is 1. The fourth-order valence-corrected chi connectivity index (χ4v) is 1.68. The molecule has 0 saturated carbocycles. The second kappa shape index (κ2) is 7.16. The van der Waals surface area contributed by atoms with Crippen LogP contribution in [0.3, 0.4) is 0 Å². The first-order valence-corrected chi connectivity index (χ1v) is 5.49. The van der Waals surface area contributed by atoms with Crippen LogP contribution < -0.4 is 10.5 Å². The Morgan fingerprint density at radius 3 is 2.44 bits per heavy atom. The van der Waals surface area contributed by atoms with Gasteiger partial charge in [0.05, 0.1) is 6.67 Å². The number of nitrogens with two attached hydrogens (primary N) is 1. The highest BCUT2D eigenvalue weighted by Gasteiger charge is 2.32. The van der Waals surface area contributed by atoms with Gasteiger partial charge in [0.15, 0.2) is 0 Å². The minimum atomic E-state index is -4.79. The number of hydrogen-bond donors (Lipinski definition) is 1. The molecule has 0 radical (unpaired) electrons. The Labute approximate surface area is 116 Å². The third kappa shape index (κ3) is 5.41. The summed E-state index contributed by atoms with van der Waals surface area (Å²) in [5, 5.41) is 0. The number of alkyl halides is 4. The molecule has 1 atom stereocenters. The van der Waals surface area contributed by atoms with Crippen molar-refractivity contribution in [1.82, 2.24) is 0 Å². The molecule has 1 rings (SSSR count). The van der Waals surface area contributed by atoms with Gasteiger partial charge in [-0.05, 0) is 24.6 Å². The van der Waals surface area contributed by atoms with Gasteiger partial charge >= 0.3 is 6.36 Å². The highest BCUT2D eigenvalue weighted by atomic mass is 79.9. The smallest absolute Gasteiger partial charge is 0.405 e. The Bertz CT molecular complexity index is 389. The zero-order valence-electron chi connectivity index (χ0n) is 9.01. The van der Waals surface area contributed by atoms with Gasteiger partial charge in [-0.25, -0.2) is 0 Å². The van der Waals surface area contributed by atoms with Gasteiger partial charge < -0.3 is 10.5 Å². The fraction of sp³-hybridized carbons (Fsp3) is 0.400. The van der Waals surface area contributed by atoms with Gasteiger partial charge in [0.1, 0.15) is 5.75 Å². The molecule has 0 aliphatic rings. The first kappa shape index (κ1) is 17.5. The summed E-state index contributed by atoms with van der Waals surface area (Å²) >= 11 is 3.11. The van der Waals surface area contributed by atoms with E-state index in [1.165, 1.54) is 12.1 Å². The highest BCUT2D eigenvalue weighted by molar-refractivity contribution is 9.10. The summed E-state index contributed by atoms with van der Waals surface area (Å²) in [6.07, 6.45) is -4.86. The maximum Gasteiger partial charge on any atom is 0.573 e. The molecule has 0 aliphatic heterocycles. The van der Waals surface area contributed by atoms with E-state index in [0.29, 0.717) is 4.47 Å². The van der Waals surface area contributed by atoms with Crippen LogP contribution in [0.5, 0.6) is 5.75 Å². The molecule has 1 aromatic rings. The molecule has 1 aromatic carbocycles. The van der Waals surface area contributed by atoms with E-state index in [0.717, 1.165) is 6.07 Å². The quantitative estimate of drug-likeness (QED) is 0.827. The zero-order valence-corrected chi connectivity index (χ0v) is 11.4. The molecule has 0 unspecified atom stereocenters. The minimum Gasteiger partial charge on any atom is -0.405 e. The van der Waals surface area contributed by atoms with E-state index >= 15 is 0 Å². The van der Waals surface area contributed by atoms with Gasteiger partial charge in [-0.3, -0.25) is 4.39 Å². The summed E-state index contributed by atoms with van der Waals surface area (Å²) in [5.74, 6) is -0.401. The maximum absolute atomic E-state index is 12.1. The molecule has 0 aromatic heterocycles. The Morgan fingerprint density at radius 2 is 1.94 bits per heavy atom. The van der Waals surface area contributed by atoms with Gasteiger partial charge in [0, 0.05) is 16.1 Å². The van der Waals surface area contributed by atoms with Crippen molar-refractivity contribution in [2.24, 2.45) is 5.73 Å². The van der Waals surface area contributed by atoms with Crippen molar-refractivity contribution in [1.29, 1.82) is 0 Å². The van der Waals surface area contributed by atoms with Crippen molar-refractivity contribution >= 4 is 28.3 Å². The summed E-state index contributed by atoms with van der Waals surface area (Å²) in [4.78, 5) is 0. The summed E-state index contributed by atoms with van der Waals surface area (Å²) in [7, 11) is 0. The van der Waals surface area contributed by atoms with E-state index < -0.39 is 24.8 Å². The van der Waals surface area contributed by atoms with Crippen LogP contribution in [0.25, 0.3) is 0 Å². The molecular formula is C10H11BrClF4NO. The number of halogens is 6. The topological polar surface area (TPSA) is 35.2 Å². The van der Waals surface area contributed by atoms with Gasteiger partial charge in [-0.1, -0.05) is 15.9 Å². The zero-order chi connectivity index (χ0) is 13.1. The lowest BCUT2D eigenvalue weighted by Crippen LogP contribution is -2.20. The minimum absolute atomic E-state index is 0. The van der Waals surface area contributed by atoms with Crippen molar-refractivity contribution in [3.05, 3.63) is 28.2 Å². The summed E-state index contributed by atoms with van der Waals surface area (Å²) < 4.78 is 52.9. The van der Waals surface area contributed by atoms with Crippen LogP contribution in [0, 0.1) is 0 Å².